The minimum atomic E-state index is -1.12. The Kier molecular flexibility index (Phi) is 6.74. The van der Waals surface area contributed by atoms with Gasteiger partial charge in [0.25, 0.3) is 6.41 Å². The molecule has 7 heteroatoms. The number of halogens is 1. The third kappa shape index (κ3) is 4.63. The van der Waals surface area contributed by atoms with Crippen molar-refractivity contribution in [2.24, 2.45) is 0 Å². The molecule has 176 valence electrons. The Labute approximate surface area is 203 Å². The number of nitrogens with zero attached hydrogens (tertiary/aromatic N) is 1. The summed E-state index contributed by atoms with van der Waals surface area (Å²) >= 11 is 6.30. The summed E-state index contributed by atoms with van der Waals surface area (Å²) in [7, 11) is 1.65. The molecule has 2 N–H and O–H groups in total. The van der Waals surface area contributed by atoms with Gasteiger partial charge in [-0.25, -0.2) is 4.90 Å². The predicted octanol–water partition coefficient (Wildman–Crippen LogP) is 5.15. The molecule has 0 spiro atoms. The van der Waals surface area contributed by atoms with Gasteiger partial charge in [0, 0.05) is 35.3 Å². The highest BCUT2D eigenvalue weighted by Crippen LogP contribution is 2.40. The number of methoxy groups -OCH3 is 1. The molecule has 5 rings (SSSR count). The molecule has 3 aromatic carbocycles. The van der Waals surface area contributed by atoms with Gasteiger partial charge >= 0.3 is 0 Å². The van der Waals surface area contributed by atoms with Crippen molar-refractivity contribution in [3.63, 3.8) is 0 Å². The van der Waals surface area contributed by atoms with Gasteiger partial charge in [0.1, 0.15) is 18.1 Å². The Balaban J connectivity index is 1.51. The van der Waals surface area contributed by atoms with Gasteiger partial charge in [-0.1, -0.05) is 41.9 Å². The van der Waals surface area contributed by atoms with Crippen molar-refractivity contribution >= 4 is 22.5 Å². The molecule has 0 radical (unpaired) electrons. The number of aromatic nitrogens is 1. The lowest BCUT2D eigenvalue weighted by atomic mass is 9.92. The first kappa shape index (κ1) is 22.7. The lowest BCUT2D eigenvalue weighted by Crippen LogP contribution is -2.46. The Morgan fingerprint density at radius 2 is 1.82 bits per heavy atom. The number of benzene rings is 3. The standard InChI is InChI=1S/C27H27ClN2O4/c1-32-15-16-33-20-10-7-18(8-11-20)26-25-22(23-17-19(28)9-12-24(23)29-25)13-14-30(26)27(31)34-21-5-3-2-4-6-21/h2-12,17,26-27,29,31H,13-16H2,1H3. The summed E-state index contributed by atoms with van der Waals surface area (Å²) < 4.78 is 16.7. The van der Waals surface area contributed by atoms with Crippen LogP contribution in [0.3, 0.4) is 0 Å². The Morgan fingerprint density at radius 3 is 2.59 bits per heavy atom. The molecular weight excluding hydrogens is 452 g/mol. The number of hydrogen-bond acceptors (Lipinski definition) is 5. The van der Waals surface area contributed by atoms with Crippen LogP contribution in [0.25, 0.3) is 10.9 Å². The molecule has 0 saturated heterocycles. The van der Waals surface area contributed by atoms with Crippen LogP contribution in [0.2, 0.25) is 5.02 Å². The van der Waals surface area contributed by atoms with E-state index in [1.165, 1.54) is 5.56 Å². The molecule has 2 heterocycles. The normalized spacial score (nSPS) is 16.9. The van der Waals surface area contributed by atoms with E-state index in [1.54, 1.807) is 7.11 Å². The van der Waals surface area contributed by atoms with E-state index in [2.05, 4.69) is 4.98 Å². The number of fused-ring (bicyclic) bond motifs is 3. The average Bonchev–Trinajstić information content (AvgIpc) is 3.22. The highest BCUT2D eigenvalue weighted by Gasteiger charge is 2.36. The summed E-state index contributed by atoms with van der Waals surface area (Å²) in [5.74, 6) is 1.39. The molecule has 0 aliphatic carbocycles. The molecule has 6 nitrogen and oxygen atoms in total. The van der Waals surface area contributed by atoms with Gasteiger partial charge in [-0.15, -0.1) is 0 Å². The van der Waals surface area contributed by atoms with Crippen LogP contribution >= 0.6 is 11.6 Å². The van der Waals surface area contributed by atoms with E-state index in [0.29, 0.717) is 30.5 Å². The van der Waals surface area contributed by atoms with Crippen LogP contribution in [0.5, 0.6) is 11.5 Å². The number of nitrogens with one attached hydrogen (secondary N) is 1. The molecular formula is C27H27ClN2O4. The SMILES string of the molecule is COCCOc1ccc(C2c3[nH]c4ccc(Cl)cc4c3CCN2C(O)Oc2ccccc2)cc1. The average molecular weight is 479 g/mol. The third-order valence-corrected chi connectivity index (χ3v) is 6.38. The molecule has 4 aromatic rings. The maximum atomic E-state index is 11.1. The fraction of sp³-hybridized carbons (Fsp3) is 0.259. The van der Waals surface area contributed by atoms with E-state index in [1.807, 2.05) is 77.7 Å². The maximum Gasteiger partial charge on any atom is 0.260 e. The number of rotatable bonds is 8. The number of ether oxygens (including phenoxy) is 3. The van der Waals surface area contributed by atoms with Gasteiger partial charge in [0.05, 0.1) is 12.6 Å². The molecule has 34 heavy (non-hydrogen) atoms. The van der Waals surface area contributed by atoms with Crippen molar-refractivity contribution in [1.29, 1.82) is 0 Å². The van der Waals surface area contributed by atoms with Crippen molar-refractivity contribution in [3.05, 3.63) is 94.6 Å². The second-order valence-corrected chi connectivity index (χ2v) is 8.70. The first-order valence-corrected chi connectivity index (χ1v) is 11.7. The molecule has 1 aliphatic heterocycles. The minimum Gasteiger partial charge on any atom is -0.491 e. The van der Waals surface area contributed by atoms with Crippen LogP contribution in [0.15, 0.2) is 72.8 Å². The van der Waals surface area contributed by atoms with E-state index >= 15 is 0 Å². The summed E-state index contributed by atoms with van der Waals surface area (Å²) in [4.78, 5) is 5.55. The molecule has 2 unspecified atom stereocenters. The van der Waals surface area contributed by atoms with Crippen LogP contribution in [0, 0.1) is 0 Å². The van der Waals surface area contributed by atoms with Gasteiger partial charge in [-0.05, 0) is 60.0 Å². The fourth-order valence-corrected chi connectivity index (χ4v) is 4.73. The number of aliphatic hydroxyl groups excluding tert-OH is 1. The lowest BCUT2D eigenvalue weighted by molar-refractivity contribution is -0.150. The third-order valence-electron chi connectivity index (χ3n) is 6.15. The van der Waals surface area contributed by atoms with Crippen molar-refractivity contribution in [2.75, 3.05) is 26.9 Å². The van der Waals surface area contributed by atoms with Gasteiger partial charge in [0.2, 0.25) is 0 Å². The predicted molar refractivity (Wildman–Crippen MR) is 132 cm³/mol. The zero-order valence-corrected chi connectivity index (χ0v) is 19.7. The highest BCUT2D eigenvalue weighted by atomic mass is 35.5. The molecule has 0 amide bonds. The maximum absolute atomic E-state index is 11.1. The Hall–Kier alpha value is -3.03. The second-order valence-electron chi connectivity index (χ2n) is 8.26. The smallest absolute Gasteiger partial charge is 0.260 e. The van der Waals surface area contributed by atoms with Crippen molar-refractivity contribution in [2.45, 2.75) is 18.9 Å². The van der Waals surface area contributed by atoms with Crippen molar-refractivity contribution < 1.29 is 19.3 Å². The monoisotopic (exact) mass is 478 g/mol. The van der Waals surface area contributed by atoms with Gasteiger partial charge in [-0.3, -0.25) is 0 Å². The Morgan fingerprint density at radius 1 is 1.03 bits per heavy atom. The number of para-hydroxylation sites is 1. The zero-order chi connectivity index (χ0) is 23.5. The topological polar surface area (TPSA) is 67.0 Å². The number of aliphatic hydroxyl groups is 1. The summed E-state index contributed by atoms with van der Waals surface area (Å²) in [6, 6.07) is 23.0. The van der Waals surface area contributed by atoms with E-state index < -0.39 is 6.41 Å². The summed E-state index contributed by atoms with van der Waals surface area (Å²) in [5.41, 5.74) is 4.30. The zero-order valence-electron chi connectivity index (χ0n) is 18.9. The van der Waals surface area contributed by atoms with Crippen LogP contribution in [0.1, 0.15) is 22.9 Å². The molecule has 0 fully saturated rings. The lowest BCUT2D eigenvalue weighted by Gasteiger charge is -2.38. The summed E-state index contributed by atoms with van der Waals surface area (Å²) in [6.45, 7) is 1.64. The summed E-state index contributed by atoms with van der Waals surface area (Å²) in [6.07, 6.45) is -0.354. The van der Waals surface area contributed by atoms with Gasteiger partial charge < -0.3 is 24.3 Å². The number of hydrogen-bond donors (Lipinski definition) is 2. The minimum absolute atomic E-state index is 0.235. The van der Waals surface area contributed by atoms with Crippen LogP contribution < -0.4 is 9.47 Å². The molecule has 2 atom stereocenters. The van der Waals surface area contributed by atoms with Gasteiger partial charge in [-0.2, -0.15) is 0 Å². The molecule has 1 aliphatic rings. The van der Waals surface area contributed by atoms with Gasteiger partial charge in [0.15, 0.2) is 0 Å². The quantitative estimate of drug-likeness (QED) is 0.271. The van der Waals surface area contributed by atoms with Crippen molar-refractivity contribution in [3.8, 4) is 11.5 Å². The molecule has 0 saturated carbocycles. The van der Waals surface area contributed by atoms with Crippen LogP contribution in [0.4, 0.5) is 0 Å². The van der Waals surface area contributed by atoms with E-state index in [-0.39, 0.29) is 6.04 Å². The van der Waals surface area contributed by atoms with E-state index in [9.17, 15) is 5.11 Å². The summed E-state index contributed by atoms with van der Waals surface area (Å²) in [5, 5.41) is 13.0. The first-order valence-electron chi connectivity index (χ1n) is 11.3. The second kappa shape index (κ2) is 10.1. The Bertz CT molecular complexity index is 1240. The highest BCUT2D eigenvalue weighted by molar-refractivity contribution is 6.31. The van der Waals surface area contributed by atoms with Crippen LogP contribution in [-0.2, 0) is 11.2 Å². The van der Waals surface area contributed by atoms with Crippen LogP contribution in [-0.4, -0.2) is 48.3 Å². The number of aromatic amines is 1. The van der Waals surface area contributed by atoms with E-state index in [4.69, 9.17) is 25.8 Å². The number of H-pyrrole nitrogens is 1. The van der Waals surface area contributed by atoms with E-state index in [0.717, 1.165) is 34.3 Å². The molecule has 0 bridgehead atoms. The van der Waals surface area contributed by atoms with Crippen molar-refractivity contribution in [1.82, 2.24) is 9.88 Å². The largest absolute Gasteiger partial charge is 0.491 e. The first-order chi connectivity index (χ1) is 16.6. The fourth-order valence-electron chi connectivity index (χ4n) is 4.55. The molecule has 1 aromatic heterocycles.